The quantitative estimate of drug-likeness (QED) is 0.225. The van der Waals surface area contributed by atoms with E-state index >= 15 is 0 Å². The number of rotatable bonds is 7. The van der Waals surface area contributed by atoms with Gasteiger partial charge in [-0.1, -0.05) is 112 Å². The number of hydrogen-bond acceptors (Lipinski definition) is 3. The molecule has 3 aromatic carbocycles. The summed E-state index contributed by atoms with van der Waals surface area (Å²) in [6, 6.07) is 30.3. The minimum atomic E-state index is -2.80. The molecule has 0 aromatic heterocycles. The van der Waals surface area contributed by atoms with Crippen molar-refractivity contribution in [3.8, 4) is 0 Å². The zero-order chi connectivity index (χ0) is 22.3. The minimum absolute atomic E-state index is 0.192. The molecule has 3 aromatic rings. The number of hydrogen-bond donors (Lipinski definition) is 0. The molecule has 0 bridgehead atoms. The van der Waals surface area contributed by atoms with Gasteiger partial charge in [-0.3, -0.25) is 0 Å². The first-order valence-electron chi connectivity index (χ1n) is 10.6. The molecule has 0 spiro atoms. The van der Waals surface area contributed by atoms with E-state index in [0.29, 0.717) is 12.2 Å². The summed E-state index contributed by atoms with van der Waals surface area (Å²) in [5.74, 6) is -0.383. The molecule has 0 aliphatic rings. The lowest BCUT2D eigenvalue weighted by molar-refractivity contribution is -0.136. The van der Waals surface area contributed by atoms with Crippen LogP contribution < -0.4 is 10.4 Å². The highest BCUT2D eigenvalue weighted by atomic mass is 28.4. The molecule has 0 unspecified atom stereocenters. The van der Waals surface area contributed by atoms with E-state index in [4.69, 9.17) is 9.16 Å². The highest BCUT2D eigenvalue weighted by Crippen LogP contribution is 2.37. The molecule has 0 heterocycles. The van der Waals surface area contributed by atoms with Crippen LogP contribution in [-0.4, -0.2) is 20.9 Å². The van der Waals surface area contributed by atoms with E-state index in [2.05, 4.69) is 45.0 Å². The van der Waals surface area contributed by atoms with Gasteiger partial charge in [0, 0.05) is 0 Å². The second-order valence-corrected chi connectivity index (χ2v) is 12.7. The van der Waals surface area contributed by atoms with Crippen molar-refractivity contribution in [1.29, 1.82) is 0 Å². The van der Waals surface area contributed by atoms with Gasteiger partial charge in [0.05, 0.1) is 18.4 Å². The van der Waals surface area contributed by atoms with Crippen LogP contribution in [0.25, 0.3) is 5.57 Å². The predicted octanol–water partition coefficient (Wildman–Crippen LogP) is 5.17. The molecule has 3 nitrogen and oxygen atoms in total. The monoisotopic (exact) mass is 430 g/mol. The summed E-state index contributed by atoms with van der Waals surface area (Å²) in [7, 11) is -2.80. The molecule has 0 radical (unpaired) electrons. The molecular formula is C27H30O3Si. The van der Waals surface area contributed by atoms with Crippen LogP contribution in [0.5, 0.6) is 0 Å². The van der Waals surface area contributed by atoms with Crippen LogP contribution >= 0.6 is 0 Å². The van der Waals surface area contributed by atoms with Crippen molar-refractivity contribution >= 4 is 30.2 Å². The van der Waals surface area contributed by atoms with Gasteiger partial charge in [-0.15, -0.1) is 0 Å². The van der Waals surface area contributed by atoms with Gasteiger partial charge >= 0.3 is 14.3 Å². The molecule has 0 amide bonds. The average molecular weight is 431 g/mol. The Balaban J connectivity index is 2.21. The minimum Gasteiger partial charge on any atom is -0.539 e. The molecule has 0 N–H and O–H groups in total. The summed E-state index contributed by atoms with van der Waals surface area (Å²) in [4.78, 5) is 12.8. The third-order valence-corrected chi connectivity index (χ3v) is 10.2. The van der Waals surface area contributed by atoms with E-state index < -0.39 is 8.32 Å². The summed E-state index contributed by atoms with van der Waals surface area (Å²) in [5, 5.41) is 2.12. The number of carbonyl (C=O) groups excluding carboxylic acids is 1. The molecular weight excluding hydrogens is 400 g/mol. The van der Waals surface area contributed by atoms with E-state index in [1.165, 1.54) is 0 Å². The Morgan fingerprint density at radius 1 is 0.806 bits per heavy atom. The first kappa shape index (κ1) is 22.6. The van der Waals surface area contributed by atoms with Gasteiger partial charge in [0.1, 0.15) is 0 Å². The zero-order valence-corrected chi connectivity index (χ0v) is 19.7. The van der Waals surface area contributed by atoms with Crippen LogP contribution in [0.15, 0.2) is 97.3 Å². The molecule has 4 heteroatoms. The van der Waals surface area contributed by atoms with Crippen LogP contribution in [0.3, 0.4) is 0 Å². The van der Waals surface area contributed by atoms with Crippen molar-refractivity contribution < 1.29 is 14.0 Å². The molecule has 0 saturated heterocycles. The van der Waals surface area contributed by atoms with Crippen molar-refractivity contribution in [3.63, 3.8) is 0 Å². The largest absolute Gasteiger partial charge is 0.539 e. The molecule has 0 aliphatic heterocycles. The second-order valence-electron chi connectivity index (χ2n) is 8.40. The lowest BCUT2D eigenvalue weighted by Crippen LogP contribution is -2.65. The molecule has 31 heavy (non-hydrogen) atoms. The van der Waals surface area contributed by atoms with Crippen molar-refractivity contribution in [3.05, 3.63) is 103 Å². The molecule has 0 fully saturated rings. The lowest BCUT2D eigenvalue weighted by atomic mass is 10.1. The SMILES string of the molecule is CCOC(=O)/C(=C\O[Si](c1ccccc1)(c1ccccc1)C(C)(C)C)c1ccccc1. The van der Waals surface area contributed by atoms with Gasteiger partial charge in [-0.2, -0.15) is 0 Å². The molecule has 0 aliphatic carbocycles. The summed E-state index contributed by atoms with van der Waals surface area (Å²) < 4.78 is 12.2. The maximum Gasteiger partial charge on any atom is 0.341 e. The summed E-state index contributed by atoms with van der Waals surface area (Å²) in [5.41, 5.74) is 1.20. The van der Waals surface area contributed by atoms with E-state index in [-0.39, 0.29) is 11.0 Å². The third kappa shape index (κ3) is 4.80. The van der Waals surface area contributed by atoms with Crippen molar-refractivity contribution in [2.24, 2.45) is 0 Å². The predicted molar refractivity (Wildman–Crippen MR) is 130 cm³/mol. The maximum absolute atomic E-state index is 12.8. The number of ether oxygens (including phenoxy) is 1. The molecule has 3 rings (SSSR count). The van der Waals surface area contributed by atoms with Gasteiger partial charge in [-0.05, 0) is 27.9 Å². The fraction of sp³-hybridized carbons (Fsp3) is 0.222. The van der Waals surface area contributed by atoms with Crippen molar-refractivity contribution in [2.45, 2.75) is 32.7 Å². The summed E-state index contributed by atoms with van der Waals surface area (Å²) >= 11 is 0. The van der Waals surface area contributed by atoms with Gasteiger partial charge in [-0.25, -0.2) is 4.79 Å². The Labute approximate surface area is 186 Å². The first-order valence-corrected chi connectivity index (χ1v) is 12.5. The summed E-state index contributed by atoms with van der Waals surface area (Å²) in [6.45, 7) is 8.74. The Morgan fingerprint density at radius 2 is 1.26 bits per heavy atom. The van der Waals surface area contributed by atoms with E-state index in [1.807, 2.05) is 73.7 Å². The van der Waals surface area contributed by atoms with Crippen LogP contribution in [-0.2, 0) is 14.0 Å². The highest BCUT2D eigenvalue weighted by Gasteiger charge is 2.51. The van der Waals surface area contributed by atoms with Crippen molar-refractivity contribution in [1.82, 2.24) is 0 Å². The number of benzene rings is 3. The Hall–Kier alpha value is -3.11. The van der Waals surface area contributed by atoms with Crippen LogP contribution in [0.1, 0.15) is 33.3 Å². The Bertz CT molecular complexity index is 967. The second kappa shape index (κ2) is 9.80. The number of carbonyl (C=O) groups is 1. The van der Waals surface area contributed by atoms with Gasteiger partial charge in [0.25, 0.3) is 0 Å². The van der Waals surface area contributed by atoms with E-state index in [1.54, 1.807) is 6.26 Å². The lowest BCUT2D eigenvalue weighted by Gasteiger charge is -2.42. The van der Waals surface area contributed by atoms with Gasteiger partial charge < -0.3 is 9.16 Å². The van der Waals surface area contributed by atoms with Crippen molar-refractivity contribution in [2.75, 3.05) is 6.61 Å². The average Bonchev–Trinajstić information content (AvgIpc) is 2.78. The van der Waals surface area contributed by atoms with Gasteiger partial charge in [0.2, 0.25) is 0 Å². The normalized spacial score (nSPS) is 12.3. The zero-order valence-electron chi connectivity index (χ0n) is 18.7. The fourth-order valence-corrected chi connectivity index (χ4v) is 8.21. The molecule has 0 atom stereocenters. The third-order valence-electron chi connectivity index (χ3n) is 5.35. The van der Waals surface area contributed by atoms with Crippen LogP contribution in [0.2, 0.25) is 5.04 Å². The fourth-order valence-electron chi connectivity index (χ4n) is 3.90. The number of esters is 1. The van der Waals surface area contributed by atoms with Gasteiger partial charge in [0.15, 0.2) is 0 Å². The standard InChI is InChI=1S/C27H30O3Si/c1-5-29-26(28)25(22-15-9-6-10-16-22)21-30-31(27(2,3)4,23-17-11-7-12-18-23)24-19-13-8-14-20-24/h6-21H,5H2,1-4H3/b25-21-. The Morgan fingerprint density at radius 3 is 1.68 bits per heavy atom. The smallest absolute Gasteiger partial charge is 0.341 e. The van der Waals surface area contributed by atoms with Crippen LogP contribution in [0, 0.1) is 0 Å². The molecule has 0 saturated carbocycles. The van der Waals surface area contributed by atoms with E-state index in [0.717, 1.165) is 15.9 Å². The summed E-state index contributed by atoms with van der Waals surface area (Å²) in [6.07, 6.45) is 1.63. The maximum atomic E-state index is 12.8. The van der Waals surface area contributed by atoms with Crippen LogP contribution in [0.4, 0.5) is 0 Å². The topological polar surface area (TPSA) is 35.5 Å². The van der Waals surface area contributed by atoms with E-state index in [9.17, 15) is 4.79 Å². The molecule has 160 valence electrons. The first-order chi connectivity index (χ1) is 14.9. The highest BCUT2D eigenvalue weighted by molar-refractivity contribution is 6.99. The Kier molecular flexibility index (Phi) is 7.13.